The van der Waals surface area contributed by atoms with Crippen LogP contribution in [0.25, 0.3) is 0 Å². The molecule has 1 aromatic carbocycles. The number of nitrogens with two attached hydrogens (primary N) is 1. The van der Waals surface area contributed by atoms with E-state index in [1.807, 2.05) is 0 Å². The van der Waals surface area contributed by atoms with Crippen LogP contribution in [0.4, 0.5) is 0 Å². The van der Waals surface area contributed by atoms with Gasteiger partial charge in [0.25, 0.3) is 0 Å². The van der Waals surface area contributed by atoms with Crippen molar-refractivity contribution in [2.75, 3.05) is 13.2 Å². The molecule has 0 amide bonds. The Bertz CT molecular complexity index is 361. The van der Waals surface area contributed by atoms with Crippen LogP contribution in [0.15, 0.2) is 22.7 Å². The van der Waals surface area contributed by atoms with Crippen LogP contribution in [0.1, 0.15) is 30.0 Å². The lowest BCUT2D eigenvalue weighted by molar-refractivity contribution is 0.0584. The molecule has 3 heteroatoms. The van der Waals surface area contributed by atoms with Crippen molar-refractivity contribution in [3.63, 3.8) is 0 Å². The second kappa shape index (κ2) is 5.30. The van der Waals surface area contributed by atoms with E-state index in [0.29, 0.717) is 5.92 Å². The van der Waals surface area contributed by atoms with Crippen molar-refractivity contribution in [1.82, 2.24) is 0 Å². The Morgan fingerprint density at radius 1 is 1.38 bits per heavy atom. The largest absolute Gasteiger partial charge is 0.381 e. The zero-order chi connectivity index (χ0) is 11.5. The minimum absolute atomic E-state index is 0.149. The Labute approximate surface area is 105 Å². The van der Waals surface area contributed by atoms with Gasteiger partial charge in [-0.1, -0.05) is 28.1 Å². The van der Waals surface area contributed by atoms with Crippen LogP contribution in [-0.2, 0) is 4.74 Å². The van der Waals surface area contributed by atoms with Crippen molar-refractivity contribution >= 4 is 15.9 Å². The predicted octanol–water partition coefficient (Wildman–Crippen LogP) is 3.18. The molecule has 1 heterocycles. The Balaban J connectivity index is 2.12. The van der Waals surface area contributed by atoms with Crippen LogP contribution < -0.4 is 5.73 Å². The molecule has 0 bridgehead atoms. The summed E-state index contributed by atoms with van der Waals surface area (Å²) in [5, 5.41) is 0. The molecule has 1 aromatic rings. The number of benzene rings is 1. The minimum Gasteiger partial charge on any atom is -0.381 e. The fourth-order valence-electron chi connectivity index (χ4n) is 2.22. The zero-order valence-electron chi connectivity index (χ0n) is 9.58. The maximum atomic E-state index is 6.32. The smallest absolute Gasteiger partial charge is 0.0469 e. The molecule has 2 N–H and O–H groups in total. The van der Waals surface area contributed by atoms with Crippen molar-refractivity contribution in [1.29, 1.82) is 0 Å². The highest BCUT2D eigenvalue weighted by Gasteiger charge is 2.22. The normalized spacial score (nSPS) is 19.7. The maximum absolute atomic E-state index is 6.32. The molecule has 0 spiro atoms. The van der Waals surface area contributed by atoms with E-state index >= 15 is 0 Å². The third-order valence-corrected chi connectivity index (χ3v) is 4.23. The van der Waals surface area contributed by atoms with Crippen molar-refractivity contribution in [3.8, 4) is 0 Å². The van der Waals surface area contributed by atoms with E-state index in [1.165, 1.54) is 11.1 Å². The molecule has 0 radical (unpaired) electrons. The van der Waals surface area contributed by atoms with Crippen LogP contribution in [-0.4, -0.2) is 13.2 Å². The number of hydrogen-bond acceptors (Lipinski definition) is 2. The van der Waals surface area contributed by atoms with Crippen molar-refractivity contribution < 1.29 is 4.74 Å². The van der Waals surface area contributed by atoms with Crippen LogP contribution in [0, 0.1) is 12.8 Å². The molecular weight excluding hydrogens is 266 g/mol. The van der Waals surface area contributed by atoms with Crippen molar-refractivity contribution in [2.45, 2.75) is 25.8 Å². The topological polar surface area (TPSA) is 35.2 Å². The lowest BCUT2D eigenvalue weighted by Gasteiger charge is -2.28. The van der Waals surface area contributed by atoms with E-state index in [4.69, 9.17) is 10.5 Å². The lowest BCUT2D eigenvalue weighted by Crippen LogP contribution is -2.27. The highest BCUT2D eigenvalue weighted by Crippen LogP contribution is 2.29. The first-order valence-corrected chi connectivity index (χ1v) is 6.57. The molecule has 2 rings (SSSR count). The van der Waals surface area contributed by atoms with Gasteiger partial charge in [0.05, 0.1) is 0 Å². The number of rotatable bonds is 2. The van der Waals surface area contributed by atoms with Gasteiger partial charge in [0, 0.05) is 23.7 Å². The lowest BCUT2D eigenvalue weighted by atomic mass is 9.87. The van der Waals surface area contributed by atoms with E-state index in [-0.39, 0.29) is 6.04 Å². The van der Waals surface area contributed by atoms with E-state index in [9.17, 15) is 0 Å². The van der Waals surface area contributed by atoms with Gasteiger partial charge in [-0.25, -0.2) is 0 Å². The fraction of sp³-hybridized carbons (Fsp3) is 0.538. The average Bonchev–Trinajstić information content (AvgIpc) is 2.33. The van der Waals surface area contributed by atoms with Crippen LogP contribution >= 0.6 is 15.9 Å². The molecule has 1 unspecified atom stereocenters. The molecular formula is C13H18BrNO. The Kier molecular flexibility index (Phi) is 4.00. The quantitative estimate of drug-likeness (QED) is 0.905. The van der Waals surface area contributed by atoms with E-state index in [0.717, 1.165) is 30.5 Å². The Morgan fingerprint density at radius 3 is 2.69 bits per heavy atom. The molecule has 1 saturated heterocycles. The van der Waals surface area contributed by atoms with Gasteiger partial charge in [0.1, 0.15) is 0 Å². The van der Waals surface area contributed by atoms with Gasteiger partial charge in [0.2, 0.25) is 0 Å². The second-order valence-corrected chi connectivity index (χ2v) is 5.34. The average molecular weight is 284 g/mol. The summed E-state index contributed by atoms with van der Waals surface area (Å²) in [4.78, 5) is 0. The summed E-state index contributed by atoms with van der Waals surface area (Å²) in [5.74, 6) is 0.564. The molecule has 0 aliphatic carbocycles. The van der Waals surface area contributed by atoms with Gasteiger partial charge in [-0.15, -0.1) is 0 Å². The van der Waals surface area contributed by atoms with Gasteiger partial charge in [0.15, 0.2) is 0 Å². The molecule has 0 saturated carbocycles. The molecule has 0 aromatic heterocycles. The minimum atomic E-state index is 0.149. The molecule has 1 aliphatic rings. The van der Waals surface area contributed by atoms with Gasteiger partial charge < -0.3 is 10.5 Å². The van der Waals surface area contributed by atoms with Gasteiger partial charge in [-0.2, -0.15) is 0 Å². The van der Waals surface area contributed by atoms with Gasteiger partial charge in [-0.3, -0.25) is 0 Å². The zero-order valence-corrected chi connectivity index (χ0v) is 11.2. The van der Waals surface area contributed by atoms with E-state index in [1.54, 1.807) is 0 Å². The first-order chi connectivity index (χ1) is 7.68. The summed E-state index contributed by atoms with van der Waals surface area (Å²) in [5.41, 5.74) is 8.81. The summed E-state index contributed by atoms with van der Waals surface area (Å²) in [6.07, 6.45) is 2.16. The van der Waals surface area contributed by atoms with Crippen LogP contribution in [0.2, 0.25) is 0 Å². The SMILES string of the molecule is Cc1cc(C(N)C2CCOCC2)ccc1Br. The number of halogens is 1. The number of hydrogen-bond donors (Lipinski definition) is 1. The maximum Gasteiger partial charge on any atom is 0.0469 e. The summed E-state index contributed by atoms with van der Waals surface area (Å²) >= 11 is 3.51. The first-order valence-electron chi connectivity index (χ1n) is 5.78. The molecule has 1 aliphatic heterocycles. The Hall–Kier alpha value is -0.380. The van der Waals surface area contributed by atoms with Gasteiger partial charge in [-0.05, 0) is 42.9 Å². The molecule has 16 heavy (non-hydrogen) atoms. The third kappa shape index (κ3) is 2.65. The molecule has 1 atom stereocenters. The van der Waals surface area contributed by atoms with Gasteiger partial charge >= 0.3 is 0 Å². The van der Waals surface area contributed by atoms with E-state index < -0.39 is 0 Å². The Morgan fingerprint density at radius 2 is 2.06 bits per heavy atom. The third-order valence-electron chi connectivity index (χ3n) is 3.34. The molecule has 88 valence electrons. The second-order valence-electron chi connectivity index (χ2n) is 4.48. The van der Waals surface area contributed by atoms with E-state index in [2.05, 4.69) is 41.1 Å². The highest BCUT2D eigenvalue weighted by atomic mass is 79.9. The summed E-state index contributed by atoms with van der Waals surface area (Å²) in [7, 11) is 0. The number of aryl methyl sites for hydroxylation is 1. The summed E-state index contributed by atoms with van der Waals surface area (Å²) in [6, 6.07) is 6.54. The number of ether oxygens (including phenoxy) is 1. The van der Waals surface area contributed by atoms with Crippen LogP contribution in [0.3, 0.4) is 0 Å². The predicted molar refractivity (Wildman–Crippen MR) is 69.4 cm³/mol. The molecule has 1 fully saturated rings. The summed E-state index contributed by atoms with van der Waals surface area (Å²) < 4.78 is 6.51. The standard InChI is InChI=1S/C13H18BrNO/c1-9-8-11(2-3-12(9)14)13(15)10-4-6-16-7-5-10/h2-3,8,10,13H,4-7,15H2,1H3. The monoisotopic (exact) mass is 283 g/mol. The summed E-state index contributed by atoms with van der Waals surface area (Å²) in [6.45, 7) is 3.81. The van der Waals surface area contributed by atoms with Crippen LogP contribution in [0.5, 0.6) is 0 Å². The molecule has 2 nitrogen and oxygen atoms in total. The van der Waals surface area contributed by atoms with Crippen molar-refractivity contribution in [2.24, 2.45) is 11.7 Å². The first kappa shape index (κ1) is 12.1. The van der Waals surface area contributed by atoms with Crippen molar-refractivity contribution in [3.05, 3.63) is 33.8 Å². The highest BCUT2D eigenvalue weighted by molar-refractivity contribution is 9.10. The fourth-order valence-corrected chi connectivity index (χ4v) is 2.47.